The Hall–Kier alpha value is -2.20. The predicted octanol–water partition coefficient (Wildman–Crippen LogP) is -0.470. The highest BCUT2D eigenvalue weighted by atomic mass is 16.5. The summed E-state index contributed by atoms with van der Waals surface area (Å²) in [5.74, 6) is -0.0271. The molecule has 0 radical (unpaired) electrons. The summed E-state index contributed by atoms with van der Waals surface area (Å²) in [6.45, 7) is 4.64. The van der Waals surface area contributed by atoms with Crippen LogP contribution in [0.15, 0.2) is 16.1 Å². The predicted molar refractivity (Wildman–Crippen MR) is 98.0 cm³/mol. The fourth-order valence-corrected chi connectivity index (χ4v) is 2.05. The maximum Gasteiger partial charge on any atom is 0.257 e. The minimum absolute atomic E-state index is 0.100. The quantitative estimate of drug-likeness (QED) is 0.157. The fourth-order valence-electron chi connectivity index (χ4n) is 2.05. The molecule has 0 fully saturated rings. The minimum atomic E-state index is -0.567. The molecule has 1 rings (SSSR count). The number of carbonyl (C=O) groups is 2. The lowest BCUT2D eigenvalue weighted by Crippen LogP contribution is -2.37. The van der Waals surface area contributed by atoms with Crippen LogP contribution in [0.2, 0.25) is 0 Å². The smallest absolute Gasteiger partial charge is 0.257 e. The zero-order chi connectivity index (χ0) is 20.1. The first-order valence-corrected chi connectivity index (χ1v) is 8.72. The summed E-state index contributed by atoms with van der Waals surface area (Å²) in [4.78, 5) is 24.8. The summed E-state index contributed by atoms with van der Waals surface area (Å²) >= 11 is 0. The van der Waals surface area contributed by atoms with Crippen LogP contribution in [-0.4, -0.2) is 74.8 Å². The SMILES string of the molecule is Cc1cc(C=C(C(=O)NCCOCCO)C(=O)NCCOCCO)oc1C. The third-order valence-corrected chi connectivity index (χ3v) is 3.50. The molecule has 1 heterocycles. The van der Waals surface area contributed by atoms with Crippen LogP contribution < -0.4 is 10.6 Å². The molecule has 4 N–H and O–H groups in total. The number of rotatable bonds is 13. The van der Waals surface area contributed by atoms with Gasteiger partial charge >= 0.3 is 0 Å². The number of carbonyl (C=O) groups excluding carboxylic acids is 2. The van der Waals surface area contributed by atoms with Crippen molar-refractivity contribution in [3.05, 3.63) is 28.7 Å². The maximum absolute atomic E-state index is 12.4. The standard InChI is InChI=1S/C18H28N2O7/c1-13-11-15(27-14(13)2)12-16(17(23)19-3-7-25-9-5-21)18(24)20-4-8-26-10-6-22/h11-12,21-22H,3-10H2,1-2H3,(H,19,23)(H,20,24). The van der Waals surface area contributed by atoms with Crippen LogP contribution in [0, 0.1) is 13.8 Å². The zero-order valence-electron chi connectivity index (χ0n) is 15.7. The average molecular weight is 384 g/mol. The van der Waals surface area contributed by atoms with Crippen LogP contribution in [-0.2, 0) is 19.1 Å². The van der Waals surface area contributed by atoms with Gasteiger partial charge in [-0.15, -0.1) is 0 Å². The third kappa shape index (κ3) is 8.83. The van der Waals surface area contributed by atoms with E-state index < -0.39 is 11.8 Å². The molecule has 0 atom stereocenters. The van der Waals surface area contributed by atoms with E-state index in [2.05, 4.69) is 10.6 Å². The van der Waals surface area contributed by atoms with Crippen molar-refractivity contribution in [2.75, 3.05) is 52.7 Å². The first-order chi connectivity index (χ1) is 13.0. The van der Waals surface area contributed by atoms with Crippen LogP contribution >= 0.6 is 0 Å². The fraction of sp³-hybridized carbons (Fsp3) is 0.556. The lowest BCUT2D eigenvalue weighted by atomic mass is 10.1. The Morgan fingerprint density at radius 1 is 1.00 bits per heavy atom. The molecule has 0 saturated heterocycles. The number of amides is 2. The van der Waals surface area contributed by atoms with Crippen molar-refractivity contribution in [2.45, 2.75) is 13.8 Å². The van der Waals surface area contributed by atoms with E-state index in [1.165, 1.54) is 6.08 Å². The number of ether oxygens (including phenoxy) is 2. The summed E-state index contributed by atoms with van der Waals surface area (Å²) in [6, 6.07) is 1.74. The van der Waals surface area contributed by atoms with Gasteiger partial charge in [0.2, 0.25) is 0 Å². The molecule has 0 bridgehead atoms. The van der Waals surface area contributed by atoms with E-state index in [0.717, 1.165) is 5.56 Å². The van der Waals surface area contributed by atoms with E-state index in [9.17, 15) is 9.59 Å². The van der Waals surface area contributed by atoms with Crippen LogP contribution in [0.4, 0.5) is 0 Å². The molecular weight excluding hydrogens is 356 g/mol. The lowest BCUT2D eigenvalue weighted by molar-refractivity contribution is -0.123. The second-order valence-electron chi connectivity index (χ2n) is 5.63. The molecule has 9 heteroatoms. The highest BCUT2D eigenvalue weighted by molar-refractivity contribution is 6.21. The van der Waals surface area contributed by atoms with Crippen molar-refractivity contribution < 1.29 is 33.7 Å². The molecule has 9 nitrogen and oxygen atoms in total. The average Bonchev–Trinajstić information content (AvgIpc) is 2.96. The monoisotopic (exact) mass is 384 g/mol. The number of nitrogens with one attached hydrogen (secondary N) is 2. The Morgan fingerprint density at radius 2 is 1.52 bits per heavy atom. The van der Waals surface area contributed by atoms with Gasteiger partial charge in [-0.1, -0.05) is 0 Å². The summed E-state index contributed by atoms with van der Waals surface area (Å²) in [5, 5.41) is 22.5. The van der Waals surface area contributed by atoms with Gasteiger partial charge in [0.05, 0.1) is 39.6 Å². The van der Waals surface area contributed by atoms with Gasteiger partial charge in [0.1, 0.15) is 17.1 Å². The normalized spacial score (nSPS) is 10.5. The second-order valence-corrected chi connectivity index (χ2v) is 5.63. The van der Waals surface area contributed by atoms with Crippen LogP contribution in [0.25, 0.3) is 6.08 Å². The number of aryl methyl sites for hydroxylation is 2. The van der Waals surface area contributed by atoms with E-state index in [1.54, 1.807) is 13.0 Å². The maximum atomic E-state index is 12.4. The van der Waals surface area contributed by atoms with E-state index in [0.29, 0.717) is 11.5 Å². The molecule has 2 amide bonds. The van der Waals surface area contributed by atoms with Gasteiger partial charge in [0, 0.05) is 13.1 Å². The Kier molecular flexibility index (Phi) is 11.0. The van der Waals surface area contributed by atoms with Gasteiger partial charge in [0.15, 0.2) is 0 Å². The summed E-state index contributed by atoms with van der Waals surface area (Å²) in [5.41, 5.74) is 0.810. The number of furan rings is 1. The van der Waals surface area contributed by atoms with E-state index in [1.807, 2.05) is 6.92 Å². The van der Waals surface area contributed by atoms with E-state index in [-0.39, 0.29) is 58.3 Å². The van der Waals surface area contributed by atoms with Crippen molar-refractivity contribution in [1.29, 1.82) is 0 Å². The van der Waals surface area contributed by atoms with Gasteiger partial charge in [-0.3, -0.25) is 9.59 Å². The molecule has 152 valence electrons. The molecule has 0 unspecified atom stereocenters. The molecule has 0 aliphatic carbocycles. The molecule has 27 heavy (non-hydrogen) atoms. The molecule has 0 saturated carbocycles. The summed E-state index contributed by atoms with van der Waals surface area (Å²) in [7, 11) is 0. The summed E-state index contributed by atoms with van der Waals surface area (Å²) in [6.07, 6.45) is 1.38. The Balaban J connectivity index is 2.73. The molecule has 1 aromatic heterocycles. The van der Waals surface area contributed by atoms with Gasteiger partial charge < -0.3 is 34.7 Å². The largest absolute Gasteiger partial charge is 0.462 e. The second kappa shape index (κ2) is 13.0. The van der Waals surface area contributed by atoms with Crippen molar-refractivity contribution in [2.24, 2.45) is 0 Å². The van der Waals surface area contributed by atoms with Crippen LogP contribution in [0.5, 0.6) is 0 Å². The van der Waals surface area contributed by atoms with Crippen molar-refractivity contribution in [3.63, 3.8) is 0 Å². The minimum Gasteiger partial charge on any atom is -0.462 e. The third-order valence-electron chi connectivity index (χ3n) is 3.50. The topological polar surface area (TPSA) is 130 Å². The molecule has 0 aliphatic rings. The van der Waals surface area contributed by atoms with Gasteiger partial charge in [-0.05, 0) is 31.6 Å². The molecule has 0 aliphatic heterocycles. The van der Waals surface area contributed by atoms with E-state index >= 15 is 0 Å². The first kappa shape index (κ1) is 22.8. The Labute approximate surface area is 158 Å². The van der Waals surface area contributed by atoms with Gasteiger partial charge in [-0.25, -0.2) is 0 Å². The number of aliphatic hydroxyl groups excluding tert-OH is 2. The van der Waals surface area contributed by atoms with Gasteiger partial charge in [-0.2, -0.15) is 0 Å². The number of aliphatic hydroxyl groups is 2. The highest BCUT2D eigenvalue weighted by Crippen LogP contribution is 2.16. The van der Waals surface area contributed by atoms with Crippen molar-refractivity contribution in [3.8, 4) is 0 Å². The summed E-state index contributed by atoms with van der Waals surface area (Å²) < 4.78 is 15.7. The zero-order valence-corrected chi connectivity index (χ0v) is 15.7. The van der Waals surface area contributed by atoms with Gasteiger partial charge in [0.25, 0.3) is 11.8 Å². The van der Waals surface area contributed by atoms with Crippen molar-refractivity contribution in [1.82, 2.24) is 10.6 Å². The Morgan fingerprint density at radius 3 is 1.93 bits per heavy atom. The molecule has 0 spiro atoms. The van der Waals surface area contributed by atoms with Crippen LogP contribution in [0.1, 0.15) is 17.1 Å². The first-order valence-electron chi connectivity index (χ1n) is 8.72. The molecule has 0 aromatic carbocycles. The van der Waals surface area contributed by atoms with Crippen molar-refractivity contribution >= 4 is 17.9 Å². The van der Waals surface area contributed by atoms with E-state index in [4.69, 9.17) is 24.1 Å². The molecule has 1 aromatic rings. The molecular formula is C18H28N2O7. The number of hydrogen-bond donors (Lipinski definition) is 4. The highest BCUT2D eigenvalue weighted by Gasteiger charge is 2.19. The number of hydrogen-bond acceptors (Lipinski definition) is 7. The van der Waals surface area contributed by atoms with Crippen LogP contribution in [0.3, 0.4) is 0 Å². The lowest BCUT2D eigenvalue weighted by Gasteiger charge is -2.10. The Bertz CT molecular complexity index is 578.